The van der Waals surface area contributed by atoms with E-state index in [-0.39, 0.29) is 12.6 Å². The Labute approximate surface area is 104 Å². The number of thiazole rings is 1. The molecule has 1 aromatic heterocycles. The second kappa shape index (κ2) is 5.65. The molecule has 0 fully saturated rings. The molecule has 0 aliphatic carbocycles. The van der Waals surface area contributed by atoms with Gasteiger partial charge in [-0.05, 0) is 12.1 Å². The van der Waals surface area contributed by atoms with Crippen molar-refractivity contribution in [3.05, 3.63) is 40.8 Å². The largest absolute Gasteiger partial charge is 0.495 e. The number of para-hydroxylation sites is 2. The van der Waals surface area contributed by atoms with E-state index in [1.54, 1.807) is 12.6 Å². The molecule has 0 aliphatic rings. The molecule has 0 aliphatic heterocycles. The number of hydrogen-bond acceptors (Lipinski definition) is 5. The molecule has 0 radical (unpaired) electrons. The summed E-state index contributed by atoms with van der Waals surface area (Å²) in [4.78, 5) is 4.19. The van der Waals surface area contributed by atoms with Gasteiger partial charge in [-0.25, -0.2) is 4.98 Å². The Balaban J connectivity index is 2.18. The van der Waals surface area contributed by atoms with E-state index in [1.807, 2.05) is 29.6 Å². The van der Waals surface area contributed by atoms with Crippen LogP contribution in [0.1, 0.15) is 11.7 Å². The lowest BCUT2D eigenvalue weighted by Crippen LogP contribution is -2.15. The molecular formula is C12H14N2O2S. The van der Waals surface area contributed by atoms with Gasteiger partial charge < -0.3 is 15.2 Å². The highest BCUT2D eigenvalue weighted by molar-refractivity contribution is 7.07. The van der Waals surface area contributed by atoms with Crippen LogP contribution in [-0.2, 0) is 0 Å². The van der Waals surface area contributed by atoms with Crippen molar-refractivity contribution in [1.82, 2.24) is 4.98 Å². The molecule has 2 rings (SSSR count). The summed E-state index contributed by atoms with van der Waals surface area (Å²) in [6.45, 7) is -0.0121. The first-order valence-electron chi connectivity index (χ1n) is 5.23. The van der Waals surface area contributed by atoms with Gasteiger partial charge in [-0.1, -0.05) is 12.1 Å². The Morgan fingerprint density at radius 1 is 1.47 bits per heavy atom. The summed E-state index contributed by atoms with van der Waals surface area (Å²) >= 11 is 1.51. The minimum atomic E-state index is -0.211. The number of nitrogens with zero attached hydrogens (tertiary/aromatic N) is 1. The minimum Gasteiger partial charge on any atom is -0.495 e. The molecule has 0 saturated carbocycles. The lowest BCUT2D eigenvalue weighted by Gasteiger charge is -2.17. The average molecular weight is 250 g/mol. The third kappa shape index (κ3) is 2.75. The zero-order valence-corrected chi connectivity index (χ0v) is 10.3. The molecule has 0 spiro atoms. The van der Waals surface area contributed by atoms with Crippen molar-refractivity contribution < 1.29 is 9.84 Å². The predicted octanol–water partition coefficient (Wildman–Crippen LogP) is 2.30. The summed E-state index contributed by atoms with van der Waals surface area (Å²) in [6, 6.07) is 7.39. The highest BCUT2D eigenvalue weighted by atomic mass is 32.1. The molecule has 1 aromatic carbocycles. The maximum absolute atomic E-state index is 9.38. The van der Waals surface area contributed by atoms with Crippen LogP contribution in [0.3, 0.4) is 0 Å². The Morgan fingerprint density at radius 2 is 2.29 bits per heavy atom. The van der Waals surface area contributed by atoms with Crippen LogP contribution in [0.15, 0.2) is 35.2 Å². The number of anilines is 1. The van der Waals surface area contributed by atoms with Crippen LogP contribution in [0.5, 0.6) is 5.75 Å². The van der Waals surface area contributed by atoms with Crippen LogP contribution >= 0.6 is 11.3 Å². The van der Waals surface area contributed by atoms with Gasteiger partial charge in [-0.2, -0.15) is 0 Å². The van der Waals surface area contributed by atoms with Gasteiger partial charge in [0, 0.05) is 5.38 Å². The third-order valence-corrected chi connectivity index (χ3v) is 3.03. The van der Waals surface area contributed by atoms with Gasteiger partial charge in [-0.15, -0.1) is 11.3 Å². The van der Waals surface area contributed by atoms with Gasteiger partial charge in [-0.3, -0.25) is 0 Å². The Morgan fingerprint density at radius 3 is 2.94 bits per heavy atom. The van der Waals surface area contributed by atoms with Crippen LogP contribution in [0.25, 0.3) is 0 Å². The smallest absolute Gasteiger partial charge is 0.141 e. The molecule has 4 nitrogen and oxygen atoms in total. The first-order valence-corrected chi connectivity index (χ1v) is 6.18. The third-order valence-electron chi connectivity index (χ3n) is 2.43. The molecular weight excluding hydrogens is 236 g/mol. The second-order valence-corrected chi connectivity index (χ2v) is 4.21. The lowest BCUT2D eigenvalue weighted by molar-refractivity contribution is 0.274. The fourth-order valence-corrected chi connectivity index (χ4v) is 2.17. The van der Waals surface area contributed by atoms with E-state index in [4.69, 9.17) is 4.74 Å². The molecule has 0 amide bonds. The second-order valence-electron chi connectivity index (χ2n) is 3.49. The normalized spacial score (nSPS) is 12.1. The van der Waals surface area contributed by atoms with Crippen LogP contribution in [-0.4, -0.2) is 23.8 Å². The topological polar surface area (TPSA) is 54.4 Å². The van der Waals surface area contributed by atoms with Crippen molar-refractivity contribution in [2.75, 3.05) is 19.0 Å². The molecule has 2 N–H and O–H groups in total. The van der Waals surface area contributed by atoms with Crippen molar-refractivity contribution in [3.8, 4) is 5.75 Å². The standard InChI is InChI=1S/C12H14N2O2S/c1-16-12-5-3-2-4-9(12)14-10(6-15)11-7-17-8-13-11/h2-5,7-8,10,14-15H,6H2,1H3. The minimum absolute atomic E-state index is 0.0121. The van der Waals surface area contributed by atoms with E-state index in [2.05, 4.69) is 10.3 Å². The Hall–Kier alpha value is -1.59. The first kappa shape index (κ1) is 11.9. The van der Waals surface area contributed by atoms with E-state index in [0.717, 1.165) is 17.1 Å². The van der Waals surface area contributed by atoms with Crippen LogP contribution in [0.4, 0.5) is 5.69 Å². The van der Waals surface area contributed by atoms with Crippen molar-refractivity contribution in [2.24, 2.45) is 0 Å². The van der Waals surface area contributed by atoms with Gasteiger partial charge >= 0.3 is 0 Å². The zero-order chi connectivity index (χ0) is 12.1. The summed E-state index contributed by atoms with van der Waals surface area (Å²) in [5.41, 5.74) is 3.44. The maximum atomic E-state index is 9.38. The molecule has 1 heterocycles. The summed E-state index contributed by atoms with van der Waals surface area (Å²) < 4.78 is 5.25. The van der Waals surface area contributed by atoms with E-state index in [1.165, 1.54) is 11.3 Å². The van der Waals surface area contributed by atoms with Crippen LogP contribution in [0.2, 0.25) is 0 Å². The number of aliphatic hydroxyl groups is 1. The number of ether oxygens (including phenoxy) is 1. The highest BCUT2D eigenvalue weighted by Crippen LogP contribution is 2.27. The van der Waals surface area contributed by atoms with E-state index < -0.39 is 0 Å². The summed E-state index contributed by atoms with van der Waals surface area (Å²) in [7, 11) is 1.62. The van der Waals surface area contributed by atoms with Gasteiger partial charge in [0.05, 0.1) is 36.7 Å². The number of methoxy groups -OCH3 is 1. The predicted molar refractivity (Wildman–Crippen MR) is 68.6 cm³/mol. The number of aliphatic hydroxyl groups excluding tert-OH is 1. The Kier molecular flexibility index (Phi) is 3.95. The van der Waals surface area contributed by atoms with Gasteiger partial charge in [0.25, 0.3) is 0 Å². The zero-order valence-electron chi connectivity index (χ0n) is 9.46. The monoisotopic (exact) mass is 250 g/mol. The molecule has 5 heteroatoms. The number of aromatic nitrogens is 1. The van der Waals surface area contributed by atoms with Crippen molar-refractivity contribution >= 4 is 17.0 Å². The lowest BCUT2D eigenvalue weighted by atomic mass is 10.2. The average Bonchev–Trinajstić information content (AvgIpc) is 2.90. The van der Waals surface area contributed by atoms with Crippen molar-refractivity contribution in [3.63, 3.8) is 0 Å². The fourth-order valence-electron chi connectivity index (χ4n) is 1.56. The molecule has 0 bridgehead atoms. The van der Waals surface area contributed by atoms with E-state index >= 15 is 0 Å². The number of rotatable bonds is 5. The summed E-state index contributed by atoms with van der Waals surface area (Å²) in [6.07, 6.45) is 0. The molecule has 0 saturated heterocycles. The van der Waals surface area contributed by atoms with E-state index in [0.29, 0.717) is 0 Å². The van der Waals surface area contributed by atoms with Crippen molar-refractivity contribution in [2.45, 2.75) is 6.04 Å². The SMILES string of the molecule is COc1ccccc1NC(CO)c1cscn1. The number of hydrogen-bond donors (Lipinski definition) is 2. The van der Waals surface area contributed by atoms with Gasteiger partial charge in [0.2, 0.25) is 0 Å². The number of nitrogens with one attached hydrogen (secondary N) is 1. The van der Waals surface area contributed by atoms with Crippen molar-refractivity contribution in [1.29, 1.82) is 0 Å². The van der Waals surface area contributed by atoms with Gasteiger partial charge in [0.1, 0.15) is 5.75 Å². The van der Waals surface area contributed by atoms with Crippen LogP contribution in [0, 0.1) is 0 Å². The van der Waals surface area contributed by atoms with Crippen LogP contribution < -0.4 is 10.1 Å². The molecule has 1 atom stereocenters. The van der Waals surface area contributed by atoms with E-state index in [9.17, 15) is 5.11 Å². The molecule has 90 valence electrons. The summed E-state index contributed by atoms with van der Waals surface area (Å²) in [5.74, 6) is 0.751. The summed E-state index contributed by atoms with van der Waals surface area (Å²) in [5, 5.41) is 14.5. The Bertz CT molecular complexity index is 459. The molecule has 1 unspecified atom stereocenters. The fraction of sp³-hybridized carbons (Fsp3) is 0.250. The highest BCUT2D eigenvalue weighted by Gasteiger charge is 2.13. The molecule has 2 aromatic rings. The van der Waals surface area contributed by atoms with Gasteiger partial charge in [0.15, 0.2) is 0 Å². The number of benzene rings is 1. The quantitative estimate of drug-likeness (QED) is 0.855. The first-order chi connectivity index (χ1) is 8.35. The maximum Gasteiger partial charge on any atom is 0.141 e. The molecule has 17 heavy (non-hydrogen) atoms.